The summed E-state index contributed by atoms with van der Waals surface area (Å²) >= 11 is 4.70. The molecule has 4 rings (SSSR count). The van der Waals surface area contributed by atoms with E-state index in [2.05, 4.69) is 36.8 Å². The minimum atomic E-state index is -0.547. The molecule has 166 valence electrons. The molecule has 1 atom stereocenters. The molecule has 1 aromatic heterocycles. The molecule has 3 amide bonds. The average molecular weight is 515 g/mol. The number of nitrogens with zero attached hydrogens (tertiary/aromatic N) is 4. The Morgan fingerprint density at radius 1 is 1.12 bits per heavy atom. The van der Waals surface area contributed by atoms with Crippen molar-refractivity contribution in [3.05, 3.63) is 53.0 Å². The van der Waals surface area contributed by atoms with E-state index in [-0.39, 0.29) is 11.9 Å². The van der Waals surface area contributed by atoms with Gasteiger partial charge in [-0.1, -0.05) is 33.3 Å². The molecule has 1 aliphatic rings. The molecular formula is C22H23BrN6O2S. The fourth-order valence-electron chi connectivity index (χ4n) is 3.53. The van der Waals surface area contributed by atoms with Gasteiger partial charge in [-0.05, 0) is 55.3 Å². The Kier molecular flexibility index (Phi) is 6.71. The third-order valence-electron chi connectivity index (χ3n) is 5.18. The number of aromatic nitrogens is 2. The van der Waals surface area contributed by atoms with Gasteiger partial charge in [-0.2, -0.15) is 0 Å². The van der Waals surface area contributed by atoms with Crippen LogP contribution >= 0.6 is 27.3 Å². The van der Waals surface area contributed by atoms with E-state index >= 15 is 0 Å². The van der Waals surface area contributed by atoms with Crippen LogP contribution in [-0.2, 0) is 4.79 Å². The molecule has 1 fully saturated rings. The molecule has 1 unspecified atom stereocenters. The lowest BCUT2D eigenvalue weighted by molar-refractivity contribution is -0.119. The highest BCUT2D eigenvalue weighted by Gasteiger charge is 2.34. The second kappa shape index (κ2) is 9.66. The van der Waals surface area contributed by atoms with E-state index in [0.717, 1.165) is 27.2 Å². The lowest BCUT2D eigenvalue weighted by Gasteiger charge is -2.23. The predicted octanol–water partition coefficient (Wildman–Crippen LogP) is 4.67. The quantitative estimate of drug-likeness (QED) is 0.516. The van der Waals surface area contributed by atoms with Crippen molar-refractivity contribution in [3.8, 4) is 10.6 Å². The monoisotopic (exact) mass is 514 g/mol. The first-order valence-corrected chi connectivity index (χ1v) is 11.8. The lowest BCUT2D eigenvalue weighted by atomic mass is 10.2. The van der Waals surface area contributed by atoms with Crippen LogP contribution in [0.15, 0.2) is 53.0 Å². The molecule has 2 aromatic carbocycles. The molecule has 0 saturated carbocycles. The number of nitrogens with one attached hydrogen (secondary N) is 2. The van der Waals surface area contributed by atoms with Crippen LogP contribution in [0, 0.1) is 0 Å². The van der Waals surface area contributed by atoms with Gasteiger partial charge < -0.3 is 15.1 Å². The maximum absolute atomic E-state index is 12.9. The number of amides is 3. The number of benzene rings is 2. The van der Waals surface area contributed by atoms with Gasteiger partial charge in [0.1, 0.15) is 11.0 Å². The second-order valence-corrected chi connectivity index (χ2v) is 9.53. The maximum Gasteiger partial charge on any atom is 0.322 e. The van der Waals surface area contributed by atoms with Gasteiger partial charge in [-0.15, -0.1) is 10.2 Å². The predicted molar refractivity (Wildman–Crippen MR) is 131 cm³/mol. The Hall–Kier alpha value is -2.98. The van der Waals surface area contributed by atoms with Crippen LogP contribution in [0.25, 0.3) is 10.6 Å². The number of hydrogen-bond donors (Lipinski definition) is 2. The molecule has 0 bridgehead atoms. The highest BCUT2D eigenvalue weighted by molar-refractivity contribution is 9.10. The summed E-state index contributed by atoms with van der Waals surface area (Å²) < 4.78 is 0.870. The van der Waals surface area contributed by atoms with Crippen molar-refractivity contribution >= 4 is 55.7 Å². The van der Waals surface area contributed by atoms with Crippen LogP contribution in [0.5, 0.6) is 0 Å². The van der Waals surface area contributed by atoms with Gasteiger partial charge in [-0.3, -0.25) is 10.1 Å². The Morgan fingerprint density at radius 3 is 2.62 bits per heavy atom. The number of carbonyl (C=O) groups excluding carboxylic acids is 2. The van der Waals surface area contributed by atoms with Gasteiger partial charge in [0.05, 0.1) is 0 Å². The largest absolute Gasteiger partial charge is 0.378 e. The topological polar surface area (TPSA) is 90.5 Å². The van der Waals surface area contributed by atoms with Crippen molar-refractivity contribution in [2.75, 3.05) is 36.2 Å². The van der Waals surface area contributed by atoms with E-state index in [4.69, 9.17) is 0 Å². The van der Waals surface area contributed by atoms with Crippen molar-refractivity contribution in [2.24, 2.45) is 0 Å². The molecule has 0 radical (unpaired) electrons. The third-order valence-corrected chi connectivity index (χ3v) is 6.56. The molecule has 32 heavy (non-hydrogen) atoms. The highest BCUT2D eigenvalue weighted by Crippen LogP contribution is 2.29. The molecular weight excluding hydrogens is 492 g/mol. The van der Waals surface area contributed by atoms with Gasteiger partial charge in [0.2, 0.25) is 11.0 Å². The van der Waals surface area contributed by atoms with Gasteiger partial charge in [0, 0.05) is 42.1 Å². The number of carbonyl (C=O) groups is 2. The maximum atomic E-state index is 12.9. The SMILES string of the molecule is CN(C)c1ccc(-c2nnc(NC(=O)C3CCCN3C(=O)Nc3cccc(Br)c3)s2)cc1. The van der Waals surface area contributed by atoms with Crippen molar-refractivity contribution in [1.29, 1.82) is 0 Å². The van der Waals surface area contributed by atoms with E-state index in [1.54, 1.807) is 4.90 Å². The molecule has 2 heterocycles. The third kappa shape index (κ3) is 5.08. The number of anilines is 3. The zero-order valence-corrected chi connectivity index (χ0v) is 20.1. The van der Waals surface area contributed by atoms with E-state index < -0.39 is 6.04 Å². The Bertz CT molecular complexity index is 1120. The van der Waals surface area contributed by atoms with Crippen LogP contribution in [-0.4, -0.2) is 53.7 Å². The molecule has 10 heteroatoms. The summed E-state index contributed by atoms with van der Waals surface area (Å²) in [5, 5.41) is 15.1. The summed E-state index contributed by atoms with van der Waals surface area (Å²) in [5.41, 5.74) is 2.70. The van der Waals surface area contributed by atoms with Gasteiger partial charge >= 0.3 is 6.03 Å². The first-order valence-electron chi connectivity index (χ1n) is 10.2. The molecule has 2 N–H and O–H groups in total. The second-order valence-electron chi connectivity index (χ2n) is 7.63. The zero-order chi connectivity index (χ0) is 22.7. The molecule has 1 saturated heterocycles. The van der Waals surface area contributed by atoms with Crippen LogP contribution < -0.4 is 15.5 Å². The molecule has 1 aliphatic heterocycles. The first kappa shape index (κ1) is 22.2. The molecule has 0 aliphatic carbocycles. The Balaban J connectivity index is 1.40. The Morgan fingerprint density at radius 2 is 1.91 bits per heavy atom. The summed E-state index contributed by atoms with van der Waals surface area (Å²) in [7, 11) is 3.97. The van der Waals surface area contributed by atoms with E-state index in [1.165, 1.54) is 11.3 Å². The van der Waals surface area contributed by atoms with Crippen molar-refractivity contribution in [3.63, 3.8) is 0 Å². The number of urea groups is 1. The first-order chi connectivity index (χ1) is 15.4. The van der Waals surface area contributed by atoms with Crippen molar-refractivity contribution in [2.45, 2.75) is 18.9 Å². The fraction of sp³-hybridized carbons (Fsp3) is 0.273. The number of rotatable bonds is 5. The minimum absolute atomic E-state index is 0.252. The summed E-state index contributed by atoms with van der Waals surface area (Å²) in [6.07, 6.45) is 1.37. The number of halogens is 1. The summed E-state index contributed by atoms with van der Waals surface area (Å²) in [4.78, 5) is 29.2. The van der Waals surface area contributed by atoms with E-state index in [1.807, 2.05) is 67.5 Å². The summed E-state index contributed by atoms with van der Waals surface area (Å²) in [5.74, 6) is -0.252. The minimum Gasteiger partial charge on any atom is -0.378 e. The normalized spacial score (nSPS) is 15.5. The standard InChI is InChI=1S/C22H23BrN6O2S/c1-28(2)17-10-8-14(9-11-17)20-26-27-21(32-20)25-19(30)18-7-4-12-29(18)22(31)24-16-6-3-5-15(23)13-16/h3,5-6,8-11,13,18H,4,7,12H2,1-2H3,(H,24,31)(H,25,27,30). The van der Waals surface area contributed by atoms with Crippen molar-refractivity contribution < 1.29 is 9.59 Å². The summed E-state index contributed by atoms with van der Waals surface area (Å²) in [6.45, 7) is 0.525. The lowest BCUT2D eigenvalue weighted by Crippen LogP contribution is -2.45. The van der Waals surface area contributed by atoms with Crippen molar-refractivity contribution in [1.82, 2.24) is 15.1 Å². The van der Waals surface area contributed by atoms with Crippen LogP contribution in [0.2, 0.25) is 0 Å². The molecule has 0 spiro atoms. The number of hydrogen-bond acceptors (Lipinski definition) is 6. The Labute approximate surface area is 198 Å². The van der Waals surface area contributed by atoms with Crippen LogP contribution in [0.4, 0.5) is 21.3 Å². The smallest absolute Gasteiger partial charge is 0.322 e. The zero-order valence-electron chi connectivity index (χ0n) is 17.7. The molecule has 8 nitrogen and oxygen atoms in total. The average Bonchev–Trinajstić information content (AvgIpc) is 3.44. The number of likely N-dealkylation sites (tertiary alicyclic amines) is 1. The van der Waals surface area contributed by atoms with Gasteiger partial charge in [-0.25, -0.2) is 4.79 Å². The summed E-state index contributed by atoms with van der Waals surface area (Å²) in [6, 6.07) is 14.5. The highest BCUT2D eigenvalue weighted by atomic mass is 79.9. The fourth-order valence-corrected chi connectivity index (χ4v) is 4.68. The van der Waals surface area contributed by atoms with E-state index in [9.17, 15) is 9.59 Å². The van der Waals surface area contributed by atoms with Crippen LogP contribution in [0.1, 0.15) is 12.8 Å². The van der Waals surface area contributed by atoms with Crippen LogP contribution in [0.3, 0.4) is 0 Å². The molecule has 3 aromatic rings. The van der Waals surface area contributed by atoms with Gasteiger partial charge in [0.25, 0.3) is 0 Å². The van der Waals surface area contributed by atoms with E-state index in [0.29, 0.717) is 23.8 Å². The van der Waals surface area contributed by atoms with Gasteiger partial charge in [0.15, 0.2) is 0 Å².